The SMILES string of the molecule is O=C[C@H](O)[C@@H](O[C@H]1O[C@H](CO)[C@@H](O)[C@H](O)[C@H]1O)[C@@H](O)[C@H](O)CO. The van der Waals surface area contributed by atoms with E-state index in [2.05, 4.69) is 0 Å². The van der Waals surface area contributed by atoms with Gasteiger partial charge in [0.05, 0.1) is 13.2 Å². The fourth-order valence-corrected chi connectivity index (χ4v) is 2.10. The summed E-state index contributed by atoms with van der Waals surface area (Å²) in [5.74, 6) is 0. The van der Waals surface area contributed by atoms with E-state index in [1.165, 1.54) is 0 Å². The molecule has 11 nitrogen and oxygen atoms in total. The predicted molar refractivity (Wildman–Crippen MR) is 69.8 cm³/mol. The Morgan fingerprint density at radius 1 is 1.04 bits per heavy atom. The Hall–Kier alpha value is -0.730. The van der Waals surface area contributed by atoms with Gasteiger partial charge in [-0.2, -0.15) is 0 Å². The van der Waals surface area contributed by atoms with Gasteiger partial charge in [-0.1, -0.05) is 0 Å². The average molecular weight is 342 g/mol. The highest BCUT2D eigenvalue weighted by atomic mass is 16.7. The maximum absolute atomic E-state index is 10.7. The second-order valence-corrected chi connectivity index (χ2v) is 5.17. The van der Waals surface area contributed by atoms with Crippen LogP contribution >= 0.6 is 0 Å². The molecular formula is C12H22O11. The number of hydrogen-bond acceptors (Lipinski definition) is 11. The minimum absolute atomic E-state index is 0.0119. The van der Waals surface area contributed by atoms with Crippen molar-refractivity contribution in [2.24, 2.45) is 0 Å². The maximum Gasteiger partial charge on any atom is 0.187 e. The van der Waals surface area contributed by atoms with Gasteiger partial charge >= 0.3 is 0 Å². The van der Waals surface area contributed by atoms with Crippen LogP contribution in [-0.4, -0.2) is 115 Å². The van der Waals surface area contributed by atoms with Crippen LogP contribution in [0.15, 0.2) is 0 Å². The minimum Gasteiger partial charge on any atom is -0.394 e. The van der Waals surface area contributed by atoms with E-state index >= 15 is 0 Å². The first kappa shape index (κ1) is 20.3. The number of aliphatic hydroxyl groups is 8. The van der Waals surface area contributed by atoms with Crippen LogP contribution in [0.4, 0.5) is 0 Å². The van der Waals surface area contributed by atoms with Crippen molar-refractivity contribution in [3.8, 4) is 0 Å². The highest BCUT2D eigenvalue weighted by Gasteiger charge is 2.46. The van der Waals surface area contributed by atoms with Gasteiger partial charge in [-0.3, -0.25) is 0 Å². The van der Waals surface area contributed by atoms with Gasteiger partial charge in [0, 0.05) is 0 Å². The third kappa shape index (κ3) is 4.64. The van der Waals surface area contributed by atoms with E-state index in [1.54, 1.807) is 0 Å². The van der Waals surface area contributed by atoms with Crippen molar-refractivity contribution in [1.82, 2.24) is 0 Å². The van der Waals surface area contributed by atoms with Crippen LogP contribution in [0.3, 0.4) is 0 Å². The first-order valence-electron chi connectivity index (χ1n) is 6.84. The summed E-state index contributed by atoms with van der Waals surface area (Å²) in [6, 6.07) is 0. The normalized spacial score (nSPS) is 37.0. The van der Waals surface area contributed by atoms with E-state index < -0.39 is 68.3 Å². The van der Waals surface area contributed by atoms with Crippen molar-refractivity contribution in [2.45, 2.75) is 55.1 Å². The van der Waals surface area contributed by atoms with Crippen molar-refractivity contribution < 1.29 is 55.1 Å². The topological polar surface area (TPSA) is 197 Å². The number of carbonyl (C=O) groups is 1. The predicted octanol–water partition coefficient (Wildman–Crippen LogP) is -5.55. The molecule has 9 atom stereocenters. The van der Waals surface area contributed by atoms with E-state index in [0.717, 1.165) is 0 Å². The molecule has 0 saturated carbocycles. The number of hydrogen-bond donors (Lipinski definition) is 8. The molecule has 11 heteroatoms. The van der Waals surface area contributed by atoms with E-state index in [9.17, 15) is 35.4 Å². The number of aliphatic hydroxyl groups excluding tert-OH is 8. The number of ether oxygens (including phenoxy) is 2. The molecule has 1 aliphatic rings. The quantitative estimate of drug-likeness (QED) is 0.196. The van der Waals surface area contributed by atoms with Crippen LogP contribution in [0.2, 0.25) is 0 Å². The summed E-state index contributed by atoms with van der Waals surface area (Å²) in [6.45, 7) is -1.63. The first-order chi connectivity index (χ1) is 10.8. The number of aldehydes is 1. The maximum atomic E-state index is 10.7. The molecule has 1 rings (SSSR count). The average Bonchev–Trinajstić information content (AvgIpc) is 2.57. The lowest BCUT2D eigenvalue weighted by Crippen LogP contribution is -2.61. The molecule has 1 aliphatic heterocycles. The largest absolute Gasteiger partial charge is 0.394 e. The molecule has 0 amide bonds. The first-order valence-corrected chi connectivity index (χ1v) is 6.84. The Labute approximate surface area is 130 Å². The van der Waals surface area contributed by atoms with E-state index in [4.69, 9.17) is 19.7 Å². The molecule has 0 unspecified atom stereocenters. The molecule has 1 saturated heterocycles. The van der Waals surface area contributed by atoms with Crippen LogP contribution in [0.1, 0.15) is 0 Å². The van der Waals surface area contributed by atoms with Crippen molar-refractivity contribution in [3.63, 3.8) is 0 Å². The standard InChI is InChI=1S/C12H22O11/c13-1-4(16)7(18)11(5(17)2-14)23-12-10(21)9(20)8(19)6(3-15)22-12/h2,4-13,15-21H,1,3H2/t4-,5+,6-,7+,8-,9+,10-,11-,12-/m1/s1. The van der Waals surface area contributed by atoms with Crippen LogP contribution in [0, 0.1) is 0 Å². The molecular weight excluding hydrogens is 320 g/mol. The van der Waals surface area contributed by atoms with Crippen LogP contribution < -0.4 is 0 Å². The second kappa shape index (κ2) is 8.94. The lowest BCUT2D eigenvalue weighted by molar-refractivity contribution is -0.324. The van der Waals surface area contributed by atoms with Gasteiger partial charge < -0.3 is 55.1 Å². The Balaban J connectivity index is 2.91. The van der Waals surface area contributed by atoms with Gasteiger partial charge in [-0.15, -0.1) is 0 Å². The Morgan fingerprint density at radius 3 is 2.13 bits per heavy atom. The lowest BCUT2D eigenvalue weighted by atomic mass is 9.98. The monoisotopic (exact) mass is 342 g/mol. The summed E-state index contributed by atoms with van der Waals surface area (Å²) in [4.78, 5) is 10.7. The van der Waals surface area contributed by atoms with E-state index in [1.807, 2.05) is 0 Å². The highest BCUT2D eigenvalue weighted by molar-refractivity contribution is 5.56. The molecule has 0 spiro atoms. The third-order valence-corrected chi connectivity index (χ3v) is 3.53. The summed E-state index contributed by atoms with van der Waals surface area (Å²) in [7, 11) is 0. The molecule has 136 valence electrons. The lowest BCUT2D eigenvalue weighted by Gasteiger charge is -2.41. The van der Waals surface area contributed by atoms with Gasteiger partial charge in [-0.05, 0) is 0 Å². The van der Waals surface area contributed by atoms with Gasteiger partial charge in [0.15, 0.2) is 12.6 Å². The van der Waals surface area contributed by atoms with Crippen molar-refractivity contribution in [1.29, 1.82) is 0 Å². The van der Waals surface area contributed by atoms with Crippen LogP contribution in [-0.2, 0) is 14.3 Å². The molecule has 0 bridgehead atoms. The van der Waals surface area contributed by atoms with Gasteiger partial charge in [0.25, 0.3) is 0 Å². The van der Waals surface area contributed by atoms with E-state index in [0.29, 0.717) is 0 Å². The number of carbonyl (C=O) groups excluding carboxylic acids is 1. The molecule has 0 aromatic heterocycles. The highest BCUT2D eigenvalue weighted by Crippen LogP contribution is 2.24. The molecule has 8 N–H and O–H groups in total. The molecule has 0 aliphatic carbocycles. The Morgan fingerprint density at radius 2 is 1.65 bits per heavy atom. The van der Waals surface area contributed by atoms with Crippen LogP contribution in [0.25, 0.3) is 0 Å². The van der Waals surface area contributed by atoms with Crippen molar-refractivity contribution >= 4 is 6.29 Å². The summed E-state index contributed by atoms with van der Waals surface area (Å²) in [5, 5.41) is 75.6. The summed E-state index contributed by atoms with van der Waals surface area (Å²) in [5.41, 5.74) is 0. The fourth-order valence-electron chi connectivity index (χ4n) is 2.10. The van der Waals surface area contributed by atoms with Gasteiger partial charge in [0.2, 0.25) is 0 Å². The second-order valence-electron chi connectivity index (χ2n) is 5.17. The summed E-state index contributed by atoms with van der Waals surface area (Å²) in [6.07, 6.45) is -15.7. The minimum atomic E-state index is -1.95. The van der Waals surface area contributed by atoms with Crippen molar-refractivity contribution in [2.75, 3.05) is 13.2 Å². The number of rotatable bonds is 8. The Bertz CT molecular complexity index is 365. The zero-order chi connectivity index (χ0) is 17.7. The molecule has 0 radical (unpaired) electrons. The fraction of sp³-hybridized carbons (Fsp3) is 0.917. The molecule has 0 aromatic carbocycles. The summed E-state index contributed by atoms with van der Waals surface area (Å²) >= 11 is 0. The van der Waals surface area contributed by atoms with Crippen molar-refractivity contribution in [3.05, 3.63) is 0 Å². The van der Waals surface area contributed by atoms with E-state index in [-0.39, 0.29) is 6.29 Å². The van der Waals surface area contributed by atoms with Gasteiger partial charge in [-0.25, -0.2) is 0 Å². The Kier molecular flexibility index (Phi) is 7.89. The molecule has 0 aromatic rings. The molecule has 1 fully saturated rings. The zero-order valence-corrected chi connectivity index (χ0v) is 12.0. The van der Waals surface area contributed by atoms with Gasteiger partial charge in [0.1, 0.15) is 48.8 Å². The van der Waals surface area contributed by atoms with Crippen LogP contribution in [0.5, 0.6) is 0 Å². The molecule has 1 heterocycles. The molecule has 23 heavy (non-hydrogen) atoms. The zero-order valence-electron chi connectivity index (χ0n) is 12.0. The smallest absolute Gasteiger partial charge is 0.187 e. The summed E-state index contributed by atoms with van der Waals surface area (Å²) < 4.78 is 10.0. The third-order valence-electron chi connectivity index (χ3n) is 3.53.